The molecule has 2 bridgehead atoms. The minimum absolute atomic E-state index is 0.157. The Morgan fingerprint density at radius 1 is 1.32 bits per heavy atom. The zero-order valence-electron chi connectivity index (χ0n) is 11.9. The lowest BCUT2D eigenvalue weighted by Crippen LogP contribution is -2.57. The van der Waals surface area contributed by atoms with Crippen molar-refractivity contribution in [2.45, 2.75) is 37.1 Å². The van der Waals surface area contributed by atoms with E-state index in [1.807, 2.05) is 30.5 Å². The molecule has 4 rings (SSSR count). The number of aliphatic hydroxyl groups excluding tert-OH is 1. The van der Waals surface area contributed by atoms with Crippen LogP contribution in [0.25, 0.3) is 0 Å². The normalized spacial score (nSPS) is 34.0. The highest BCUT2D eigenvalue weighted by molar-refractivity contribution is 5.05. The molecule has 0 amide bonds. The number of nitrogens with one attached hydrogen (secondary N) is 1. The minimum Gasteiger partial charge on any atom is -0.389 e. The minimum atomic E-state index is -0.644. The average molecular weight is 302 g/mol. The van der Waals surface area contributed by atoms with Crippen molar-refractivity contribution in [3.8, 4) is 0 Å². The zero-order chi connectivity index (χ0) is 14.9. The van der Waals surface area contributed by atoms with Gasteiger partial charge in [-0.25, -0.2) is 0 Å². The molecule has 116 valence electrons. The van der Waals surface area contributed by atoms with Crippen molar-refractivity contribution in [1.82, 2.24) is 20.1 Å². The summed E-state index contributed by atoms with van der Waals surface area (Å²) in [6.45, 7) is 1.04. The summed E-state index contributed by atoms with van der Waals surface area (Å²) in [6.07, 6.45) is 4.00. The second-order valence-electron chi connectivity index (χ2n) is 5.57. The van der Waals surface area contributed by atoms with Crippen LogP contribution < -0.4 is 5.32 Å². The summed E-state index contributed by atoms with van der Waals surface area (Å²) < 4.78 is 13.2. The third kappa shape index (κ3) is 2.42. The molecule has 5 atom stereocenters. The van der Waals surface area contributed by atoms with E-state index in [4.69, 9.17) is 9.47 Å². The van der Waals surface area contributed by atoms with E-state index in [2.05, 4.69) is 15.4 Å². The lowest BCUT2D eigenvalue weighted by molar-refractivity contribution is -0.168. The number of ether oxygens (including phenoxy) is 2. The van der Waals surface area contributed by atoms with Crippen molar-refractivity contribution in [3.63, 3.8) is 0 Å². The van der Waals surface area contributed by atoms with Crippen LogP contribution in [0.1, 0.15) is 11.7 Å². The topological polar surface area (TPSA) is 81.4 Å². The van der Waals surface area contributed by atoms with E-state index in [0.717, 1.165) is 5.69 Å². The lowest BCUT2D eigenvalue weighted by Gasteiger charge is -2.38. The van der Waals surface area contributed by atoms with Crippen molar-refractivity contribution in [3.05, 3.63) is 48.5 Å². The Balaban J connectivity index is 1.51. The Hall–Kier alpha value is -1.80. The molecule has 0 radical (unpaired) electrons. The van der Waals surface area contributed by atoms with Crippen molar-refractivity contribution in [2.75, 3.05) is 6.61 Å². The summed E-state index contributed by atoms with van der Waals surface area (Å²) in [7, 11) is 0. The molecule has 2 saturated heterocycles. The first kappa shape index (κ1) is 13.8. The van der Waals surface area contributed by atoms with Gasteiger partial charge in [-0.2, -0.15) is 5.10 Å². The molecule has 0 saturated carbocycles. The van der Waals surface area contributed by atoms with Crippen LogP contribution in [0.3, 0.4) is 0 Å². The molecule has 2 fully saturated rings. The van der Waals surface area contributed by atoms with Crippen LogP contribution in [0.15, 0.2) is 42.9 Å². The standard InChI is InChI=1S/C15H18N4O3/c20-14-12(17-8-10-4-1-2-5-16-10)11-9-21-15(22-11)13(14)19-7-3-6-18-19/h1-7,11-15,17,20H,8-9H2. The molecule has 0 aliphatic carbocycles. The monoisotopic (exact) mass is 302 g/mol. The van der Waals surface area contributed by atoms with Gasteiger partial charge in [0.25, 0.3) is 0 Å². The predicted octanol–water partition coefficient (Wildman–Crippen LogP) is 0.0936. The van der Waals surface area contributed by atoms with Crippen LogP contribution in [0.5, 0.6) is 0 Å². The summed E-state index contributed by atoms with van der Waals surface area (Å²) in [5.74, 6) is 0. The maximum Gasteiger partial charge on any atom is 0.183 e. The summed E-state index contributed by atoms with van der Waals surface area (Å²) in [5.41, 5.74) is 0.923. The van der Waals surface area contributed by atoms with Crippen molar-refractivity contribution < 1.29 is 14.6 Å². The fraction of sp³-hybridized carbons (Fsp3) is 0.467. The average Bonchev–Trinajstić information content (AvgIpc) is 3.20. The number of hydrogen-bond donors (Lipinski definition) is 2. The molecular weight excluding hydrogens is 284 g/mol. The van der Waals surface area contributed by atoms with Gasteiger partial charge < -0.3 is 19.9 Å². The van der Waals surface area contributed by atoms with Gasteiger partial charge in [0.2, 0.25) is 0 Å². The van der Waals surface area contributed by atoms with Crippen LogP contribution in [0.2, 0.25) is 0 Å². The van der Waals surface area contributed by atoms with Crippen LogP contribution in [0.4, 0.5) is 0 Å². The van der Waals surface area contributed by atoms with Crippen molar-refractivity contribution in [1.29, 1.82) is 0 Å². The molecule has 2 aromatic rings. The highest BCUT2D eigenvalue weighted by Crippen LogP contribution is 2.35. The second-order valence-corrected chi connectivity index (χ2v) is 5.57. The Kier molecular flexibility index (Phi) is 3.63. The van der Waals surface area contributed by atoms with Crippen LogP contribution in [-0.4, -0.2) is 51.0 Å². The maximum atomic E-state index is 10.8. The Morgan fingerprint density at radius 3 is 3.05 bits per heavy atom. The van der Waals surface area contributed by atoms with Gasteiger partial charge in [0.15, 0.2) is 6.29 Å². The fourth-order valence-electron chi connectivity index (χ4n) is 3.12. The molecule has 7 nitrogen and oxygen atoms in total. The molecule has 2 aromatic heterocycles. The number of nitrogens with zero attached hydrogens (tertiary/aromatic N) is 3. The van der Waals surface area contributed by atoms with E-state index in [1.54, 1.807) is 17.1 Å². The number of aromatic nitrogens is 3. The quantitative estimate of drug-likeness (QED) is 0.833. The smallest absolute Gasteiger partial charge is 0.183 e. The predicted molar refractivity (Wildman–Crippen MR) is 76.7 cm³/mol. The second kappa shape index (κ2) is 5.77. The van der Waals surface area contributed by atoms with Gasteiger partial charge in [-0.15, -0.1) is 0 Å². The summed E-state index contributed by atoms with van der Waals surface area (Å²) in [4.78, 5) is 4.28. The first-order valence-corrected chi connectivity index (χ1v) is 7.40. The first-order valence-electron chi connectivity index (χ1n) is 7.40. The zero-order valence-corrected chi connectivity index (χ0v) is 11.9. The largest absolute Gasteiger partial charge is 0.389 e. The van der Waals surface area contributed by atoms with E-state index < -0.39 is 12.4 Å². The molecule has 2 aliphatic rings. The number of hydrogen-bond acceptors (Lipinski definition) is 6. The van der Waals surface area contributed by atoms with E-state index in [1.165, 1.54) is 0 Å². The third-order valence-corrected chi connectivity index (χ3v) is 4.21. The molecule has 0 spiro atoms. The highest BCUT2D eigenvalue weighted by atomic mass is 16.7. The molecule has 2 N–H and O–H groups in total. The Morgan fingerprint density at radius 2 is 2.27 bits per heavy atom. The van der Waals surface area contributed by atoms with Crippen LogP contribution in [0, 0.1) is 0 Å². The molecule has 2 aliphatic heterocycles. The summed E-state index contributed by atoms with van der Waals surface area (Å²) in [5, 5.41) is 18.3. The van der Waals surface area contributed by atoms with Gasteiger partial charge in [-0.05, 0) is 18.2 Å². The lowest BCUT2D eigenvalue weighted by atomic mass is 9.96. The Bertz CT molecular complexity index is 607. The van der Waals surface area contributed by atoms with Gasteiger partial charge in [0, 0.05) is 25.1 Å². The molecule has 5 unspecified atom stereocenters. The Labute approximate surface area is 127 Å². The van der Waals surface area contributed by atoms with E-state index in [-0.39, 0.29) is 18.2 Å². The number of rotatable bonds is 4. The SMILES string of the molecule is OC1C(NCc2ccccn2)C2COC(O2)C1n1cccn1. The number of pyridine rings is 1. The first-order chi connectivity index (χ1) is 10.8. The van der Waals surface area contributed by atoms with Crippen molar-refractivity contribution >= 4 is 0 Å². The fourth-order valence-corrected chi connectivity index (χ4v) is 3.12. The number of fused-ring (bicyclic) bond motifs is 2. The van der Waals surface area contributed by atoms with Gasteiger partial charge >= 0.3 is 0 Å². The third-order valence-electron chi connectivity index (χ3n) is 4.21. The van der Waals surface area contributed by atoms with Gasteiger partial charge in [-0.1, -0.05) is 6.07 Å². The van der Waals surface area contributed by atoms with Gasteiger partial charge in [0.1, 0.15) is 12.1 Å². The van der Waals surface area contributed by atoms with Gasteiger partial charge in [-0.3, -0.25) is 9.67 Å². The number of aliphatic hydroxyl groups is 1. The van der Waals surface area contributed by atoms with E-state index >= 15 is 0 Å². The van der Waals surface area contributed by atoms with E-state index in [9.17, 15) is 5.11 Å². The highest BCUT2D eigenvalue weighted by Gasteiger charge is 2.51. The van der Waals surface area contributed by atoms with Crippen LogP contribution >= 0.6 is 0 Å². The molecule has 7 heteroatoms. The maximum absolute atomic E-state index is 10.8. The van der Waals surface area contributed by atoms with E-state index in [0.29, 0.717) is 13.2 Å². The molecule has 22 heavy (non-hydrogen) atoms. The summed E-state index contributed by atoms with van der Waals surface area (Å²) in [6, 6.07) is 7.01. The van der Waals surface area contributed by atoms with Crippen LogP contribution in [-0.2, 0) is 16.0 Å². The van der Waals surface area contributed by atoms with Crippen molar-refractivity contribution in [2.24, 2.45) is 0 Å². The molecular formula is C15H18N4O3. The summed E-state index contributed by atoms with van der Waals surface area (Å²) >= 11 is 0. The van der Waals surface area contributed by atoms with Gasteiger partial charge in [0.05, 0.1) is 24.4 Å². The molecule has 0 aromatic carbocycles. The molecule has 4 heterocycles.